The van der Waals surface area contributed by atoms with Crippen LogP contribution in [0.5, 0.6) is 11.5 Å². The average Bonchev–Trinajstić information content (AvgIpc) is 2.51. The topological polar surface area (TPSA) is 41.5 Å². The largest absolute Gasteiger partial charge is 0.504 e. The Kier molecular flexibility index (Phi) is 2.98. The molecule has 2 aliphatic rings. The fourth-order valence-corrected chi connectivity index (χ4v) is 4.19. The van der Waals surface area contributed by atoms with Crippen molar-refractivity contribution in [1.82, 2.24) is 5.32 Å². The molecule has 2 N–H and O–H groups in total. The number of phenolic OH excluding ortho intramolecular Hbond substituents is 1. The van der Waals surface area contributed by atoms with Gasteiger partial charge in [0.05, 0.1) is 7.11 Å². The van der Waals surface area contributed by atoms with Gasteiger partial charge in [0, 0.05) is 16.1 Å². The molecule has 2 aromatic rings. The lowest BCUT2D eigenvalue weighted by atomic mass is 9.77. The van der Waals surface area contributed by atoms with Gasteiger partial charge in [0.25, 0.3) is 0 Å². The molecule has 2 aromatic carbocycles. The second-order valence-corrected chi connectivity index (χ2v) is 6.46. The smallest absolute Gasteiger partial charge is 0.166 e. The zero-order valence-corrected chi connectivity index (χ0v) is 13.3. The minimum Gasteiger partial charge on any atom is -0.504 e. The Bertz CT molecular complexity index is 742. The van der Waals surface area contributed by atoms with Crippen LogP contribution in [0.15, 0.2) is 28.7 Å². The van der Waals surface area contributed by atoms with Crippen LogP contribution < -0.4 is 10.1 Å². The van der Waals surface area contributed by atoms with E-state index in [1.54, 1.807) is 7.11 Å². The monoisotopic (exact) mass is 345 g/mol. The molecule has 1 aliphatic carbocycles. The van der Waals surface area contributed by atoms with Gasteiger partial charge in [0.2, 0.25) is 0 Å². The molecule has 1 atom stereocenters. The molecule has 1 heterocycles. The van der Waals surface area contributed by atoms with E-state index in [1.165, 1.54) is 11.1 Å². The molecule has 0 saturated heterocycles. The molecule has 1 aliphatic heterocycles. The summed E-state index contributed by atoms with van der Waals surface area (Å²) in [6.07, 6.45) is 1.93. The number of nitrogens with one attached hydrogen (secondary N) is 1. The van der Waals surface area contributed by atoms with E-state index in [0.29, 0.717) is 11.8 Å². The predicted octanol–water partition coefficient (Wildman–Crippen LogP) is 3.57. The van der Waals surface area contributed by atoms with Crippen LogP contribution in [0.25, 0.3) is 11.1 Å². The average molecular weight is 346 g/mol. The van der Waals surface area contributed by atoms with Gasteiger partial charge in [0.15, 0.2) is 11.5 Å². The Morgan fingerprint density at radius 2 is 2.24 bits per heavy atom. The van der Waals surface area contributed by atoms with Crippen molar-refractivity contribution in [3.63, 3.8) is 0 Å². The van der Waals surface area contributed by atoms with Crippen molar-refractivity contribution >= 4 is 15.9 Å². The summed E-state index contributed by atoms with van der Waals surface area (Å²) in [6.45, 7) is 1.01. The molecule has 4 rings (SSSR count). The number of methoxy groups -OCH3 is 1. The van der Waals surface area contributed by atoms with E-state index >= 15 is 0 Å². The van der Waals surface area contributed by atoms with E-state index in [-0.39, 0.29) is 5.75 Å². The zero-order valence-electron chi connectivity index (χ0n) is 11.7. The van der Waals surface area contributed by atoms with Crippen molar-refractivity contribution < 1.29 is 9.84 Å². The van der Waals surface area contributed by atoms with Gasteiger partial charge in [-0.3, -0.25) is 0 Å². The summed E-state index contributed by atoms with van der Waals surface area (Å²) in [5.41, 5.74) is 5.92. The summed E-state index contributed by atoms with van der Waals surface area (Å²) in [7, 11) is 1.58. The van der Waals surface area contributed by atoms with Gasteiger partial charge in [0.1, 0.15) is 0 Å². The summed E-state index contributed by atoms with van der Waals surface area (Å²) in [4.78, 5) is 0. The number of hydrogen-bond acceptors (Lipinski definition) is 3. The van der Waals surface area contributed by atoms with E-state index in [1.807, 2.05) is 6.07 Å². The maximum atomic E-state index is 10.6. The van der Waals surface area contributed by atoms with Crippen molar-refractivity contribution in [1.29, 1.82) is 0 Å². The van der Waals surface area contributed by atoms with Crippen LogP contribution in [0.3, 0.4) is 0 Å². The normalized spacial score (nSPS) is 18.9. The Hall–Kier alpha value is -1.52. The fourth-order valence-electron chi connectivity index (χ4n) is 3.62. The molecule has 0 bridgehead atoms. The van der Waals surface area contributed by atoms with Crippen LogP contribution in [-0.4, -0.2) is 18.8 Å². The first-order valence-electron chi connectivity index (χ1n) is 7.14. The van der Waals surface area contributed by atoms with E-state index in [2.05, 4.69) is 39.4 Å². The van der Waals surface area contributed by atoms with Gasteiger partial charge < -0.3 is 15.2 Å². The second-order valence-electron chi connectivity index (χ2n) is 5.60. The second kappa shape index (κ2) is 4.75. The quantitative estimate of drug-likeness (QED) is 0.830. The Labute approximate surface area is 132 Å². The number of phenols is 1. The molecule has 0 aromatic heterocycles. The SMILES string of the molecule is COc1cc(Br)c2c(c1O)-c1cccc3c1C(C2)NCC3. The molecule has 108 valence electrons. The van der Waals surface area contributed by atoms with Gasteiger partial charge in [-0.1, -0.05) is 34.1 Å². The van der Waals surface area contributed by atoms with Crippen LogP contribution >= 0.6 is 15.9 Å². The molecule has 0 saturated carbocycles. The van der Waals surface area contributed by atoms with Crippen molar-refractivity contribution in [3.8, 4) is 22.6 Å². The van der Waals surface area contributed by atoms with Gasteiger partial charge >= 0.3 is 0 Å². The molecule has 0 spiro atoms. The van der Waals surface area contributed by atoms with Crippen molar-refractivity contribution in [3.05, 3.63) is 45.4 Å². The maximum absolute atomic E-state index is 10.6. The van der Waals surface area contributed by atoms with E-state index < -0.39 is 0 Å². The third-order valence-corrected chi connectivity index (χ3v) is 5.25. The first-order chi connectivity index (χ1) is 10.2. The summed E-state index contributed by atoms with van der Waals surface area (Å²) in [5.74, 6) is 0.758. The van der Waals surface area contributed by atoms with E-state index in [9.17, 15) is 5.11 Å². The molecule has 4 heteroatoms. The summed E-state index contributed by atoms with van der Waals surface area (Å²) in [5, 5.41) is 14.2. The first-order valence-corrected chi connectivity index (χ1v) is 7.94. The fraction of sp³-hybridized carbons (Fsp3) is 0.294. The van der Waals surface area contributed by atoms with E-state index in [0.717, 1.165) is 40.5 Å². The summed E-state index contributed by atoms with van der Waals surface area (Å²) < 4.78 is 6.30. The van der Waals surface area contributed by atoms with Crippen LogP contribution in [0.2, 0.25) is 0 Å². The minimum atomic E-state index is 0.244. The highest BCUT2D eigenvalue weighted by Crippen LogP contribution is 2.51. The molecular formula is C17H16BrNO2. The Morgan fingerprint density at radius 3 is 3.05 bits per heavy atom. The lowest BCUT2D eigenvalue weighted by Crippen LogP contribution is -2.33. The van der Waals surface area contributed by atoms with Crippen LogP contribution in [0.1, 0.15) is 22.7 Å². The highest BCUT2D eigenvalue weighted by molar-refractivity contribution is 9.10. The van der Waals surface area contributed by atoms with Crippen LogP contribution in [0, 0.1) is 0 Å². The molecule has 0 radical (unpaired) electrons. The maximum Gasteiger partial charge on any atom is 0.166 e. The number of halogens is 1. The predicted molar refractivity (Wildman–Crippen MR) is 85.9 cm³/mol. The minimum absolute atomic E-state index is 0.244. The Balaban J connectivity index is 2.06. The first kappa shape index (κ1) is 13.2. The number of fused-ring (bicyclic) bond motifs is 2. The number of aromatic hydroxyl groups is 1. The molecule has 3 nitrogen and oxygen atoms in total. The van der Waals surface area contributed by atoms with Gasteiger partial charge in [-0.05, 0) is 47.7 Å². The highest BCUT2D eigenvalue weighted by atomic mass is 79.9. The molecule has 1 unspecified atom stereocenters. The molecule has 21 heavy (non-hydrogen) atoms. The Morgan fingerprint density at radius 1 is 1.38 bits per heavy atom. The zero-order chi connectivity index (χ0) is 14.6. The van der Waals surface area contributed by atoms with Crippen LogP contribution in [0.4, 0.5) is 0 Å². The molecule has 0 amide bonds. The van der Waals surface area contributed by atoms with E-state index in [4.69, 9.17) is 4.74 Å². The van der Waals surface area contributed by atoms with Gasteiger partial charge in [-0.15, -0.1) is 0 Å². The standard InChI is InChI=1S/C17H16BrNO2/c1-21-14-8-12(18)11-7-13-15-9(5-6-19-13)3-2-4-10(15)16(11)17(14)20/h2-4,8,13,19-20H,5-7H2,1H3. The summed E-state index contributed by atoms with van der Waals surface area (Å²) >= 11 is 3.63. The summed E-state index contributed by atoms with van der Waals surface area (Å²) in [6, 6.07) is 8.57. The lowest BCUT2D eigenvalue weighted by molar-refractivity contribution is 0.373. The molecular weight excluding hydrogens is 330 g/mol. The lowest BCUT2D eigenvalue weighted by Gasteiger charge is -2.35. The van der Waals surface area contributed by atoms with Gasteiger partial charge in [-0.25, -0.2) is 0 Å². The van der Waals surface area contributed by atoms with Crippen molar-refractivity contribution in [2.75, 3.05) is 13.7 Å². The third-order valence-electron chi connectivity index (χ3n) is 4.55. The molecule has 0 fully saturated rings. The number of benzene rings is 2. The van der Waals surface area contributed by atoms with Crippen LogP contribution in [-0.2, 0) is 12.8 Å². The van der Waals surface area contributed by atoms with Crippen molar-refractivity contribution in [2.45, 2.75) is 18.9 Å². The third kappa shape index (κ3) is 1.82. The van der Waals surface area contributed by atoms with Crippen molar-refractivity contribution in [2.24, 2.45) is 0 Å². The number of hydrogen-bond donors (Lipinski definition) is 2. The number of rotatable bonds is 1. The van der Waals surface area contributed by atoms with Gasteiger partial charge in [-0.2, -0.15) is 0 Å². The highest BCUT2D eigenvalue weighted by Gasteiger charge is 2.32. The number of ether oxygens (including phenoxy) is 1.